The number of nitrogens with zero attached hydrogens (tertiary/aromatic N) is 1. The van der Waals surface area contributed by atoms with Crippen LogP contribution in [0.3, 0.4) is 0 Å². The lowest BCUT2D eigenvalue weighted by atomic mass is 9.81. The van der Waals surface area contributed by atoms with E-state index < -0.39 is 18.2 Å². The van der Waals surface area contributed by atoms with Gasteiger partial charge in [0, 0.05) is 12.2 Å². The van der Waals surface area contributed by atoms with Gasteiger partial charge in [0.25, 0.3) is 0 Å². The maximum atomic E-state index is 13.5. The van der Waals surface area contributed by atoms with E-state index in [1.54, 1.807) is 11.0 Å². The zero-order valence-electron chi connectivity index (χ0n) is 15.8. The average molecular weight is 391 g/mol. The van der Waals surface area contributed by atoms with Crippen LogP contribution in [0.5, 0.6) is 0 Å². The van der Waals surface area contributed by atoms with Crippen molar-refractivity contribution in [1.29, 1.82) is 0 Å². The molecule has 1 amide bonds. The number of rotatable bonds is 4. The van der Waals surface area contributed by atoms with E-state index in [1.807, 2.05) is 30.3 Å². The van der Waals surface area contributed by atoms with Crippen molar-refractivity contribution in [3.63, 3.8) is 0 Å². The number of halogens is 3. The number of alkyl halides is 3. The second-order valence-electron chi connectivity index (χ2n) is 7.50. The molecule has 0 fully saturated rings. The number of fused-ring (bicyclic) bond motifs is 1. The van der Waals surface area contributed by atoms with Gasteiger partial charge in [-0.2, -0.15) is 13.2 Å². The molecule has 0 saturated carbocycles. The van der Waals surface area contributed by atoms with E-state index in [9.17, 15) is 23.1 Å². The average Bonchev–Trinajstić information content (AvgIpc) is 2.89. The van der Waals surface area contributed by atoms with Gasteiger partial charge in [-0.3, -0.25) is 4.79 Å². The highest BCUT2D eigenvalue weighted by Gasteiger charge is 2.52. The number of amides is 1. The number of aryl methyl sites for hydroxylation is 1. The molecule has 150 valence electrons. The molecule has 1 aliphatic rings. The van der Waals surface area contributed by atoms with Gasteiger partial charge in [-0.1, -0.05) is 42.5 Å². The predicted molar refractivity (Wildman–Crippen MR) is 102 cm³/mol. The summed E-state index contributed by atoms with van der Waals surface area (Å²) in [6.45, 7) is 0.532. The van der Waals surface area contributed by atoms with Gasteiger partial charge in [0.1, 0.15) is 5.41 Å². The quantitative estimate of drug-likeness (QED) is 0.839. The number of carbonyl (C=O) groups excluding carboxylic acids is 1. The molecule has 3 rings (SSSR count). The molecule has 0 bridgehead atoms. The number of aliphatic hydroxyl groups excluding tert-OH is 1. The van der Waals surface area contributed by atoms with Crippen molar-refractivity contribution in [3.05, 3.63) is 65.2 Å². The number of anilines is 1. The van der Waals surface area contributed by atoms with Gasteiger partial charge >= 0.3 is 6.18 Å². The van der Waals surface area contributed by atoms with Crippen LogP contribution in [0.1, 0.15) is 36.5 Å². The first-order valence-corrected chi connectivity index (χ1v) is 9.41. The lowest BCUT2D eigenvalue weighted by Crippen LogP contribution is -2.43. The second kappa shape index (κ2) is 7.95. The van der Waals surface area contributed by atoms with Crippen molar-refractivity contribution in [1.82, 2.24) is 0 Å². The van der Waals surface area contributed by atoms with Crippen LogP contribution < -0.4 is 4.90 Å². The Balaban J connectivity index is 1.94. The summed E-state index contributed by atoms with van der Waals surface area (Å²) in [6, 6.07) is 13.9. The summed E-state index contributed by atoms with van der Waals surface area (Å²) >= 11 is 0. The lowest BCUT2D eigenvalue weighted by Gasteiger charge is -2.32. The summed E-state index contributed by atoms with van der Waals surface area (Å²) < 4.78 is 40.6. The molecule has 2 aromatic carbocycles. The SMILES string of the molecule is CC(CO)(c1ccc2c(c1)CCCCN2C(=O)Cc1ccccc1)C(F)(F)F. The number of hydrogen-bond acceptors (Lipinski definition) is 2. The first-order valence-electron chi connectivity index (χ1n) is 9.41. The molecular weight excluding hydrogens is 367 g/mol. The minimum absolute atomic E-state index is 0.0265. The topological polar surface area (TPSA) is 40.5 Å². The molecule has 0 spiro atoms. The van der Waals surface area contributed by atoms with Gasteiger partial charge in [0.2, 0.25) is 5.91 Å². The molecule has 2 aromatic rings. The van der Waals surface area contributed by atoms with Gasteiger partial charge in [-0.25, -0.2) is 0 Å². The fourth-order valence-electron chi connectivity index (χ4n) is 3.57. The molecule has 0 aromatic heterocycles. The third kappa shape index (κ3) is 3.92. The Labute approximate surface area is 162 Å². The summed E-state index contributed by atoms with van der Waals surface area (Å²) in [7, 11) is 0. The van der Waals surface area contributed by atoms with Crippen LogP contribution in [0.2, 0.25) is 0 Å². The second-order valence-corrected chi connectivity index (χ2v) is 7.50. The van der Waals surface area contributed by atoms with Gasteiger partial charge < -0.3 is 10.0 Å². The Hall–Kier alpha value is -2.34. The highest BCUT2D eigenvalue weighted by Crippen LogP contribution is 2.42. The first-order chi connectivity index (χ1) is 13.3. The number of aliphatic hydroxyl groups is 1. The molecule has 3 nitrogen and oxygen atoms in total. The van der Waals surface area contributed by atoms with E-state index in [0.717, 1.165) is 30.9 Å². The van der Waals surface area contributed by atoms with Crippen LogP contribution in [0.15, 0.2) is 48.5 Å². The maximum absolute atomic E-state index is 13.5. The lowest BCUT2D eigenvalue weighted by molar-refractivity contribution is -0.195. The Morgan fingerprint density at radius 3 is 2.46 bits per heavy atom. The highest BCUT2D eigenvalue weighted by molar-refractivity contribution is 5.95. The van der Waals surface area contributed by atoms with Crippen LogP contribution in [0, 0.1) is 0 Å². The summed E-state index contributed by atoms with van der Waals surface area (Å²) in [5.74, 6) is -0.0668. The van der Waals surface area contributed by atoms with Gasteiger partial charge in [-0.05, 0) is 48.9 Å². The molecule has 1 atom stereocenters. The standard InChI is InChI=1S/C22H24F3NO2/c1-21(15-27,22(23,24)25)18-10-11-19-17(14-18)9-5-6-12-26(19)20(28)13-16-7-3-2-4-8-16/h2-4,7-8,10-11,14,27H,5-6,9,12-13,15H2,1H3. The van der Waals surface area contributed by atoms with Crippen molar-refractivity contribution in [3.8, 4) is 0 Å². The number of hydrogen-bond donors (Lipinski definition) is 1. The predicted octanol–water partition coefficient (Wildman–Crippen LogP) is 4.41. The summed E-state index contributed by atoms with van der Waals surface area (Å²) in [5.41, 5.74) is -0.00355. The Bertz CT molecular complexity index is 835. The van der Waals surface area contributed by atoms with Gasteiger partial charge in [0.05, 0.1) is 13.0 Å². The van der Waals surface area contributed by atoms with Crippen LogP contribution in [-0.4, -0.2) is 30.3 Å². The van der Waals surface area contributed by atoms with Crippen molar-refractivity contribution >= 4 is 11.6 Å². The molecular formula is C22H24F3NO2. The number of benzene rings is 2. The van der Waals surface area contributed by atoms with E-state index in [0.29, 0.717) is 18.7 Å². The summed E-state index contributed by atoms with van der Waals surface area (Å²) in [5, 5.41) is 9.45. The smallest absolute Gasteiger partial charge is 0.395 e. The van der Waals surface area contributed by atoms with E-state index in [1.165, 1.54) is 12.1 Å². The molecule has 28 heavy (non-hydrogen) atoms. The first kappa shape index (κ1) is 20.4. The largest absolute Gasteiger partial charge is 0.400 e. The van der Waals surface area contributed by atoms with Crippen LogP contribution >= 0.6 is 0 Å². The van der Waals surface area contributed by atoms with Crippen molar-refractivity contribution < 1.29 is 23.1 Å². The summed E-state index contributed by atoms with van der Waals surface area (Å²) in [6.07, 6.45) is -2.12. The molecule has 0 saturated heterocycles. The van der Waals surface area contributed by atoms with Crippen molar-refractivity contribution in [2.75, 3.05) is 18.1 Å². The normalized spacial score (nSPS) is 16.8. The van der Waals surface area contributed by atoms with E-state index in [2.05, 4.69) is 0 Å². The fourth-order valence-corrected chi connectivity index (χ4v) is 3.57. The van der Waals surface area contributed by atoms with E-state index in [4.69, 9.17) is 0 Å². The minimum Gasteiger partial charge on any atom is -0.395 e. The van der Waals surface area contributed by atoms with Crippen LogP contribution in [0.4, 0.5) is 18.9 Å². The van der Waals surface area contributed by atoms with Gasteiger partial charge in [0.15, 0.2) is 0 Å². The Morgan fingerprint density at radius 1 is 1.11 bits per heavy atom. The van der Waals surface area contributed by atoms with E-state index >= 15 is 0 Å². The van der Waals surface area contributed by atoms with Crippen molar-refractivity contribution in [2.24, 2.45) is 0 Å². The van der Waals surface area contributed by atoms with Crippen molar-refractivity contribution in [2.45, 2.75) is 44.2 Å². The molecule has 1 aliphatic heterocycles. The zero-order chi connectivity index (χ0) is 20.4. The molecule has 1 unspecified atom stereocenters. The van der Waals surface area contributed by atoms with Crippen LogP contribution in [0.25, 0.3) is 0 Å². The highest BCUT2D eigenvalue weighted by atomic mass is 19.4. The van der Waals surface area contributed by atoms with E-state index in [-0.39, 0.29) is 17.9 Å². The minimum atomic E-state index is -4.57. The monoisotopic (exact) mass is 391 g/mol. The third-order valence-corrected chi connectivity index (χ3v) is 5.53. The number of carbonyl (C=O) groups is 1. The molecule has 6 heteroatoms. The van der Waals surface area contributed by atoms with Gasteiger partial charge in [-0.15, -0.1) is 0 Å². The zero-order valence-corrected chi connectivity index (χ0v) is 15.8. The summed E-state index contributed by atoms with van der Waals surface area (Å²) in [4.78, 5) is 14.6. The fraction of sp³-hybridized carbons (Fsp3) is 0.409. The Kier molecular flexibility index (Phi) is 5.79. The maximum Gasteiger partial charge on any atom is 0.400 e. The Morgan fingerprint density at radius 2 is 1.82 bits per heavy atom. The third-order valence-electron chi connectivity index (χ3n) is 5.53. The molecule has 1 heterocycles. The molecule has 1 N–H and O–H groups in total. The molecule has 0 radical (unpaired) electrons. The van der Waals surface area contributed by atoms with Crippen LogP contribution in [-0.2, 0) is 23.1 Å². The molecule has 0 aliphatic carbocycles.